The molecule has 144 valence electrons. The minimum absolute atomic E-state index is 0.0327. The number of para-hydroxylation sites is 2. The van der Waals surface area contributed by atoms with Gasteiger partial charge in [0.25, 0.3) is 0 Å². The van der Waals surface area contributed by atoms with E-state index in [0.717, 1.165) is 0 Å². The smallest absolute Gasteiger partial charge is 0.340 e. The Bertz CT molecular complexity index is 1020. The van der Waals surface area contributed by atoms with Crippen LogP contribution in [-0.2, 0) is 11.3 Å². The van der Waals surface area contributed by atoms with E-state index in [1.807, 2.05) is 12.1 Å². The molecule has 2 heterocycles. The number of ether oxygens (including phenoxy) is 2. The molecule has 0 unspecified atom stereocenters. The van der Waals surface area contributed by atoms with Crippen molar-refractivity contribution in [3.05, 3.63) is 58.1 Å². The number of hydrogen-bond acceptors (Lipinski definition) is 9. The Hall–Kier alpha value is -3.17. The molecule has 0 aliphatic heterocycles. The van der Waals surface area contributed by atoms with E-state index in [-0.39, 0.29) is 40.1 Å². The van der Waals surface area contributed by atoms with Gasteiger partial charge in [-0.15, -0.1) is 0 Å². The fourth-order valence-electron chi connectivity index (χ4n) is 2.17. The van der Waals surface area contributed by atoms with E-state index in [0.29, 0.717) is 11.4 Å². The molecule has 0 bridgehead atoms. The highest BCUT2D eigenvalue weighted by Gasteiger charge is 2.13. The van der Waals surface area contributed by atoms with Crippen LogP contribution >= 0.6 is 23.2 Å². The molecule has 3 N–H and O–H groups in total. The maximum Gasteiger partial charge on any atom is 0.340 e. The molecule has 0 aliphatic rings. The van der Waals surface area contributed by atoms with Gasteiger partial charge in [0.15, 0.2) is 12.4 Å². The zero-order valence-corrected chi connectivity index (χ0v) is 16.0. The summed E-state index contributed by atoms with van der Waals surface area (Å²) in [6.45, 7) is -0.230. The molecule has 2 aromatic heterocycles. The Morgan fingerprint density at radius 2 is 2.00 bits per heavy atom. The molecule has 0 saturated carbocycles. The minimum Gasteiger partial charge on any atom is -0.495 e. The van der Waals surface area contributed by atoms with E-state index in [2.05, 4.69) is 25.3 Å². The topological polar surface area (TPSA) is 125 Å². The number of nitrogens with zero attached hydrogens (tertiary/aromatic N) is 4. The van der Waals surface area contributed by atoms with Crippen LogP contribution in [0.5, 0.6) is 5.75 Å². The number of carbonyl (C=O) groups is 1. The van der Waals surface area contributed by atoms with Gasteiger partial charge < -0.3 is 20.5 Å². The zero-order valence-electron chi connectivity index (χ0n) is 14.5. The Kier molecular flexibility index (Phi) is 6.07. The first-order valence-electron chi connectivity index (χ1n) is 7.85. The summed E-state index contributed by atoms with van der Waals surface area (Å²) in [5.41, 5.74) is 6.50. The van der Waals surface area contributed by atoms with Gasteiger partial charge in [-0.1, -0.05) is 35.3 Å². The molecule has 1 aromatic carbocycles. The number of anilines is 3. The average molecular weight is 421 g/mol. The summed E-state index contributed by atoms with van der Waals surface area (Å²) in [7, 11) is 1.55. The number of nitrogens with two attached hydrogens (primary N) is 1. The normalized spacial score (nSPS) is 10.4. The van der Waals surface area contributed by atoms with Crippen molar-refractivity contribution in [1.82, 2.24) is 19.9 Å². The third kappa shape index (κ3) is 4.76. The number of halogens is 2. The average Bonchev–Trinajstić information content (AvgIpc) is 2.68. The molecule has 0 atom stereocenters. The number of benzene rings is 1. The molecule has 0 amide bonds. The lowest BCUT2D eigenvalue weighted by atomic mass is 10.3. The first-order chi connectivity index (χ1) is 13.5. The number of aromatic nitrogens is 4. The molecule has 3 aromatic rings. The molecule has 0 spiro atoms. The highest BCUT2D eigenvalue weighted by Crippen LogP contribution is 2.25. The van der Waals surface area contributed by atoms with Crippen LogP contribution in [0.3, 0.4) is 0 Å². The standard InChI is InChI=1S/C17H14Cl2N6O3/c1-27-12-5-3-2-4-11(12)22-17-24-13(23-16(20)25-17)8-28-15(26)9-6-10(18)14(19)21-7-9/h2-7H,8H2,1H3,(H3,20,22,23,24,25). The number of nitrogen functional groups attached to an aromatic ring is 1. The number of rotatable bonds is 6. The van der Waals surface area contributed by atoms with Crippen LogP contribution in [0, 0.1) is 0 Å². The van der Waals surface area contributed by atoms with Gasteiger partial charge in [-0.2, -0.15) is 15.0 Å². The van der Waals surface area contributed by atoms with Gasteiger partial charge in [0.05, 0.1) is 23.4 Å². The lowest BCUT2D eigenvalue weighted by Gasteiger charge is -2.11. The van der Waals surface area contributed by atoms with E-state index in [1.54, 1.807) is 19.2 Å². The summed E-state index contributed by atoms with van der Waals surface area (Å²) in [5.74, 6) is 0.242. The fraction of sp³-hybridized carbons (Fsp3) is 0.118. The largest absolute Gasteiger partial charge is 0.495 e. The molecule has 3 rings (SSSR count). The van der Waals surface area contributed by atoms with Crippen molar-refractivity contribution in [2.45, 2.75) is 6.61 Å². The minimum atomic E-state index is -0.663. The van der Waals surface area contributed by atoms with Gasteiger partial charge in [-0.25, -0.2) is 9.78 Å². The van der Waals surface area contributed by atoms with E-state index < -0.39 is 5.97 Å². The highest BCUT2D eigenvalue weighted by molar-refractivity contribution is 6.41. The maximum absolute atomic E-state index is 12.1. The van der Waals surface area contributed by atoms with Gasteiger partial charge in [0.1, 0.15) is 10.9 Å². The summed E-state index contributed by atoms with van der Waals surface area (Å²) in [5, 5.41) is 3.22. The van der Waals surface area contributed by atoms with Crippen LogP contribution in [0.2, 0.25) is 10.2 Å². The van der Waals surface area contributed by atoms with E-state index >= 15 is 0 Å². The Labute approximate surface area is 169 Å². The number of pyridine rings is 1. The number of esters is 1. The van der Waals surface area contributed by atoms with Crippen LogP contribution in [0.1, 0.15) is 16.2 Å². The number of methoxy groups -OCH3 is 1. The van der Waals surface area contributed by atoms with E-state index in [9.17, 15) is 4.79 Å². The number of hydrogen-bond donors (Lipinski definition) is 2. The second-order valence-corrected chi connectivity index (χ2v) is 6.10. The van der Waals surface area contributed by atoms with Gasteiger partial charge >= 0.3 is 5.97 Å². The van der Waals surface area contributed by atoms with E-state index in [4.69, 9.17) is 38.4 Å². The monoisotopic (exact) mass is 420 g/mol. The summed E-state index contributed by atoms with van der Waals surface area (Å²) < 4.78 is 10.4. The van der Waals surface area contributed by atoms with Crippen molar-refractivity contribution in [2.24, 2.45) is 0 Å². The lowest BCUT2D eigenvalue weighted by Crippen LogP contribution is -2.11. The van der Waals surface area contributed by atoms with Crippen LogP contribution < -0.4 is 15.8 Å². The van der Waals surface area contributed by atoms with Gasteiger partial charge in [0.2, 0.25) is 11.9 Å². The Morgan fingerprint density at radius 1 is 1.21 bits per heavy atom. The highest BCUT2D eigenvalue weighted by atomic mass is 35.5. The summed E-state index contributed by atoms with van der Waals surface area (Å²) in [6.07, 6.45) is 1.26. The fourth-order valence-corrected chi connectivity index (χ4v) is 2.44. The van der Waals surface area contributed by atoms with Crippen molar-refractivity contribution in [3.8, 4) is 5.75 Å². The van der Waals surface area contributed by atoms with Gasteiger partial charge in [-0.05, 0) is 18.2 Å². The molecule has 11 heteroatoms. The lowest BCUT2D eigenvalue weighted by molar-refractivity contribution is 0.0461. The molecule has 0 saturated heterocycles. The molecule has 28 heavy (non-hydrogen) atoms. The first-order valence-corrected chi connectivity index (χ1v) is 8.60. The second kappa shape index (κ2) is 8.68. The van der Waals surface area contributed by atoms with Crippen LogP contribution in [-0.4, -0.2) is 33.0 Å². The van der Waals surface area contributed by atoms with Gasteiger partial charge in [-0.3, -0.25) is 0 Å². The van der Waals surface area contributed by atoms with Crippen LogP contribution in [0.25, 0.3) is 0 Å². The van der Waals surface area contributed by atoms with Crippen LogP contribution in [0.15, 0.2) is 36.5 Å². The second-order valence-electron chi connectivity index (χ2n) is 5.33. The summed E-state index contributed by atoms with van der Waals surface area (Å²) >= 11 is 11.6. The van der Waals surface area contributed by atoms with Crippen molar-refractivity contribution in [3.63, 3.8) is 0 Å². The first kappa shape index (κ1) is 19.6. The Balaban J connectivity index is 1.72. The molecular formula is C17H14Cl2N6O3. The maximum atomic E-state index is 12.1. The molecule has 0 aliphatic carbocycles. The number of nitrogens with one attached hydrogen (secondary N) is 1. The van der Waals surface area contributed by atoms with Crippen molar-refractivity contribution in [2.75, 3.05) is 18.2 Å². The molecule has 9 nitrogen and oxygen atoms in total. The van der Waals surface area contributed by atoms with Crippen molar-refractivity contribution < 1.29 is 14.3 Å². The third-order valence-electron chi connectivity index (χ3n) is 3.42. The van der Waals surface area contributed by atoms with Crippen molar-refractivity contribution in [1.29, 1.82) is 0 Å². The molecular weight excluding hydrogens is 407 g/mol. The number of carbonyl (C=O) groups excluding carboxylic acids is 1. The zero-order chi connectivity index (χ0) is 20.1. The predicted octanol–water partition coefficient (Wildman–Crippen LogP) is 3.26. The summed E-state index contributed by atoms with van der Waals surface area (Å²) in [4.78, 5) is 28.1. The SMILES string of the molecule is COc1ccccc1Nc1nc(N)nc(COC(=O)c2cnc(Cl)c(Cl)c2)n1. The third-order valence-corrected chi connectivity index (χ3v) is 4.10. The van der Waals surface area contributed by atoms with Crippen molar-refractivity contribution >= 4 is 46.8 Å². The van der Waals surface area contributed by atoms with E-state index in [1.165, 1.54) is 12.3 Å². The van der Waals surface area contributed by atoms with Crippen LogP contribution in [0.4, 0.5) is 17.6 Å². The Morgan fingerprint density at radius 3 is 2.75 bits per heavy atom. The summed E-state index contributed by atoms with van der Waals surface area (Å²) in [6, 6.07) is 8.57. The van der Waals surface area contributed by atoms with Gasteiger partial charge in [0, 0.05) is 6.20 Å². The quantitative estimate of drug-likeness (QED) is 0.456. The molecule has 0 fully saturated rings. The molecule has 0 radical (unpaired) electrons. The predicted molar refractivity (Wildman–Crippen MR) is 104 cm³/mol.